The lowest BCUT2D eigenvalue weighted by Crippen LogP contribution is -2.61. The van der Waals surface area contributed by atoms with E-state index in [1.165, 1.54) is 11.0 Å². The van der Waals surface area contributed by atoms with Gasteiger partial charge in [-0.25, -0.2) is 0 Å². The van der Waals surface area contributed by atoms with Crippen LogP contribution in [0.2, 0.25) is 0 Å². The Morgan fingerprint density at radius 2 is 1.94 bits per heavy atom. The van der Waals surface area contributed by atoms with Crippen molar-refractivity contribution >= 4 is 33.7 Å². The third-order valence-electron chi connectivity index (χ3n) is 7.47. The predicted octanol–water partition coefficient (Wildman–Crippen LogP) is 3.08. The number of aliphatic hydroxyl groups is 1. The third-order valence-corrected chi connectivity index (χ3v) is 8.31. The van der Waals surface area contributed by atoms with Crippen LogP contribution in [0.15, 0.2) is 25.3 Å². The van der Waals surface area contributed by atoms with E-state index < -0.39 is 41.1 Å². The molecule has 36 heavy (non-hydrogen) atoms. The van der Waals surface area contributed by atoms with Crippen molar-refractivity contribution in [2.45, 2.75) is 82.0 Å². The highest BCUT2D eigenvalue weighted by Gasteiger charge is 2.77. The van der Waals surface area contributed by atoms with E-state index in [9.17, 15) is 19.5 Å². The molecule has 2 bridgehead atoms. The molecule has 0 aromatic rings. The number of nitrogens with zero attached hydrogens (tertiary/aromatic N) is 2. The zero-order valence-corrected chi connectivity index (χ0v) is 23.8. The summed E-state index contributed by atoms with van der Waals surface area (Å²) < 4.78 is 11.9. The van der Waals surface area contributed by atoms with E-state index in [1.54, 1.807) is 11.0 Å². The Morgan fingerprint density at radius 3 is 2.50 bits per heavy atom. The average Bonchev–Trinajstić information content (AvgIpc) is 3.35. The summed E-state index contributed by atoms with van der Waals surface area (Å²) in [7, 11) is 0. The molecule has 3 unspecified atom stereocenters. The first kappa shape index (κ1) is 28.9. The normalized spacial score (nSPS) is 31.4. The zero-order valence-electron chi connectivity index (χ0n) is 22.2. The first-order valence-corrected chi connectivity index (χ1v) is 13.6. The lowest BCUT2D eigenvalue weighted by molar-refractivity contribution is -0.155. The number of ether oxygens (including phenoxy) is 2. The number of hydrogen-bond acceptors (Lipinski definition) is 6. The highest BCUT2D eigenvalue weighted by molar-refractivity contribution is 9.09. The fraction of sp³-hybridized carbons (Fsp3) is 0.741. The summed E-state index contributed by atoms with van der Waals surface area (Å²) in [6, 6.07) is -0.914. The highest BCUT2D eigenvalue weighted by atomic mass is 79.9. The number of carbonyl (C=O) groups is 3. The summed E-state index contributed by atoms with van der Waals surface area (Å²) in [5.41, 5.74) is -1.73. The van der Waals surface area contributed by atoms with Crippen LogP contribution in [0.1, 0.15) is 53.9 Å². The number of aliphatic hydroxyl groups excluding tert-OH is 1. The minimum atomic E-state index is -1.16. The second-order valence-electron chi connectivity index (χ2n) is 12.0. The lowest BCUT2D eigenvalue weighted by Gasteiger charge is -2.45. The van der Waals surface area contributed by atoms with Gasteiger partial charge in [0.25, 0.3) is 0 Å². The minimum absolute atomic E-state index is 0.0353. The topological polar surface area (TPSA) is 96.4 Å². The molecule has 3 rings (SSSR count). The SMILES string of the molecule is C=CCOC(=O)[C@H]1[C@@H]2OC3(CC2Br)C(C(=O)N(CC=C)C(C)(C)CC(C)(C)C)N(CCCO)C(=O)[C@H]13. The standard InChI is InChI=1S/C27H41BrN2O6/c1-8-11-30(26(6,7)16-25(3,4)5)23(33)21-27-15-17(28)20(36-27)18(24(34)35-14-9-2)19(27)22(32)29(21)12-10-13-31/h8-9,17-21,31H,1-2,10-16H2,3-7H3/t17?,18-,19+,20-,21?,27?/m1/s1. The fourth-order valence-electron chi connectivity index (χ4n) is 6.70. The molecule has 0 aromatic heterocycles. The van der Waals surface area contributed by atoms with Gasteiger partial charge in [-0.3, -0.25) is 14.4 Å². The molecule has 9 heteroatoms. The van der Waals surface area contributed by atoms with E-state index in [-0.39, 0.29) is 41.8 Å². The van der Waals surface area contributed by atoms with Gasteiger partial charge in [-0.15, -0.1) is 6.58 Å². The fourth-order valence-corrected chi connectivity index (χ4v) is 7.65. The first-order valence-electron chi connectivity index (χ1n) is 12.7. The number of likely N-dealkylation sites (tertiary alicyclic amines) is 1. The Balaban J connectivity index is 2.07. The van der Waals surface area contributed by atoms with Crippen LogP contribution in [-0.2, 0) is 23.9 Å². The van der Waals surface area contributed by atoms with Crippen molar-refractivity contribution in [1.29, 1.82) is 0 Å². The van der Waals surface area contributed by atoms with Crippen LogP contribution in [0, 0.1) is 17.3 Å². The maximum absolute atomic E-state index is 14.5. The van der Waals surface area contributed by atoms with Crippen LogP contribution in [0.3, 0.4) is 0 Å². The molecule has 1 N–H and O–H groups in total. The maximum atomic E-state index is 14.5. The van der Waals surface area contributed by atoms with Crippen LogP contribution in [0.4, 0.5) is 0 Å². The van der Waals surface area contributed by atoms with Gasteiger partial charge in [-0.2, -0.15) is 0 Å². The molecule has 0 aromatic carbocycles. The van der Waals surface area contributed by atoms with Crippen molar-refractivity contribution in [3.8, 4) is 0 Å². The smallest absolute Gasteiger partial charge is 0.312 e. The van der Waals surface area contributed by atoms with Crippen molar-refractivity contribution in [1.82, 2.24) is 9.80 Å². The molecule has 0 saturated carbocycles. The van der Waals surface area contributed by atoms with Gasteiger partial charge >= 0.3 is 5.97 Å². The summed E-state index contributed by atoms with van der Waals surface area (Å²) in [6.07, 6.45) is 4.08. The summed E-state index contributed by atoms with van der Waals surface area (Å²) in [4.78, 5) is 44.5. The minimum Gasteiger partial charge on any atom is -0.461 e. The van der Waals surface area contributed by atoms with Crippen molar-refractivity contribution in [2.24, 2.45) is 17.3 Å². The van der Waals surface area contributed by atoms with E-state index in [0.717, 1.165) is 6.42 Å². The summed E-state index contributed by atoms with van der Waals surface area (Å²) in [6.45, 7) is 18.3. The quantitative estimate of drug-likeness (QED) is 0.234. The molecular formula is C27H41BrN2O6. The largest absolute Gasteiger partial charge is 0.461 e. The Labute approximate surface area is 223 Å². The van der Waals surface area contributed by atoms with Crippen molar-refractivity contribution in [3.63, 3.8) is 0 Å². The highest BCUT2D eigenvalue weighted by Crippen LogP contribution is 2.60. The number of halogens is 1. The van der Waals surface area contributed by atoms with Gasteiger partial charge in [0.1, 0.15) is 18.2 Å². The average molecular weight is 570 g/mol. The molecular weight excluding hydrogens is 528 g/mol. The van der Waals surface area contributed by atoms with Gasteiger partial charge in [-0.05, 0) is 38.5 Å². The number of alkyl halides is 1. The second-order valence-corrected chi connectivity index (χ2v) is 13.2. The van der Waals surface area contributed by atoms with Gasteiger partial charge < -0.3 is 24.4 Å². The van der Waals surface area contributed by atoms with E-state index in [4.69, 9.17) is 9.47 Å². The molecule has 6 atom stereocenters. The van der Waals surface area contributed by atoms with Crippen molar-refractivity contribution in [3.05, 3.63) is 25.3 Å². The van der Waals surface area contributed by atoms with Crippen molar-refractivity contribution in [2.75, 3.05) is 26.3 Å². The number of hydrogen-bond donors (Lipinski definition) is 1. The third kappa shape index (κ3) is 5.03. The predicted molar refractivity (Wildman–Crippen MR) is 140 cm³/mol. The Kier molecular flexibility index (Phi) is 8.48. The number of rotatable bonds is 11. The Hall–Kier alpha value is -1.71. The summed E-state index contributed by atoms with van der Waals surface area (Å²) in [5, 5.41) is 9.53. The summed E-state index contributed by atoms with van der Waals surface area (Å²) in [5.74, 6) is -2.68. The number of carbonyl (C=O) groups excluding carboxylic acids is 3. The van der Waals surface area contributed by atoms with Gasteiger partial charge in [0.15, 0.2) is 0 Å². The first-order chi connectivity index (χ1) is 16.8. The van der Waals surface area contributed by atoms with E-state index >= 15 is 0 Å². The number of fused-ring (bicyclic) bond motifs is 1. The molecule has 3 saturated heterocycles. The van der Waals surface area contributed by atoms with Gasteiger partial charge in [0, 0.05) is 30.1 Å². The lowest BCUT2D eigenvalue weighted by atomic mass is 9.70. The molecule has 0 radical (unpaired) electrons. The maximum Gasteiger partial charge on any atom is 0.312 e. The Morgan fingerprint density at radius 1 is 1.28 bits per heavy atom. The molecule has 3 aliphatic heterocycles. The number of esters is 1. The van der Waals surface area contributed by atoms with Crippen LogP contribution in [0.5, 0.6) is 0 Å². The summed E-state index contributed by atoms with van der Waals surface area (Å²) >= 11 is 3.66. The molecule has 2 amide bonds. The second kappa shape index (κ2) is 10.6. The molecule has 3 fully saturated rings. The molecule has 3 aliphatic rings. The molecule has 1 spiro atoms. The van der Waals surface area contributed by atoms with E-state index in [0.29, 0.717) is 19.4 Å². The van der Waals surface area contributed by atoms with Crippen LogP contribution in [-0.4, -0.2) is 87.1 Å². The Bertz CT molecular complexity index is 899. The van der Waals surface area contributed by atoms with E-state index in [2.05, 4.69) is 49.9 Å². The number of amides is 2. The van der Waals surface area contributed by atoms with Gasteiger partial charge in [-0.1, -0.05) is 55.4 Å². The van der Waals surface area contributed by atoms with Crippen LogP contribution >= 0.6 is 15.9 Å². The van der Waals surface area contributed by atoms with Gasteiger partial charge in [0.2, 0.25) is 11.8 Å². The van der Waals surface area contributed by atoms with Crippen molar-refractivity contribution < 1.29 is 29.0 Å². The molecule has 8 nitrogen and oxygen atoms in total. The van der Waals surface area contributed by atoms with Gasteiger partial charge in [0.05, 0.1) is 17.9 Å². The molecule has 0 aliphatic carbocycles. The zero-order chi connectivity index (χ0) is 27.1. The van der Waals surface area contributed by atoms with Crippen LogP contribution in [0.25, 0.3) is 0 Å². The molecule has 202 valence electrons. The van der Waals surface area contributed by atoms with Crippen LogP contribution < -0.4 is 0 Å². The van der Waals surface area contributed by atoms with E-state index in [1.807, 2.05) is 13.8 Å². The molecule has 3 heterocycles. The monoisotopic (exact) mass is 568 g/mol.